The first-order valence-corrected chi connectivity index (χ1v) is 10.5. The SMILES string of the molecule is Clc1ccc2c(c1)[C@H](c1ccccc1)N1C(=N2)c2ccccc2[C@H]1c1ccccc1. The summed E-state index contributed by atoms with van der Waals surface area (Å²) in [5.41, 5.74) is 7.13. The maximum Gasteiger partial charge on any atom is 0.138 e. The Kier molecular flexibility index (Phi) is 4.00. The van der Waals surface area contributed by atoms with E-state index in [0.29, 0.717) is 0 Å². The van der Waals surface area contributed by atoms with Crippen LogP contribution >= 0.6 is 11.6 Å². The van der Waals surface area contributed by atoms with E-state index in [1.807, 2.05) is 12.1 Å². The number of halogens is 1. The standard InChI is InChI=1S/C27H19ClN2/c28-20-15-16-24-23(17-20)26(19-11-5-2-6-12-19)30-25(18-9-3-1-4-10-18)21-13-7-8-14-22(21)27(30)29-24/h1-17,25-26H/t25-,26+/m1/s1. The number of hydrogen-bond acceptors (Lipinski definition) is 2. The van der Waals surface area contributed by atoms with Gasteiger partial charge in [0.2, 0.25) is 0 Å². The second kappa shape index (κ2) is 6.86. The molecular weight excluding hydrogens is 388 g/mol. The Morgan fingerprint density at radius 3 is 1.93 bits per heavy atom. The summed E-state index contributed by atoms with van der Waals surface area (Å²) in [6.07, 6.45) is 0. The van der Waals surface area contributed by atoms with Crippen LogP contribution in [-0.2, 0) is 0 Å². The van der Waals surface area contributed by atoms with Gasteiger partial charge in [0, 0.05) is 16.1 Å². The van der Waals surface area contributed by atoms with E-state index in [0.717, 1.165) is 22.1 Å². The molecule has 3 heteroatoms. The van der Waals surface area contributed by atoms with Gasteiger partial charge in [-0.2, -0.15) is 0 Å². The van der Waals surface area contributed by atoms with Crippen molar-refractivity contribution >= 4 is 23.1 Å². The Bertz CT molecular complexity index is 1260. The van der Waals surface area contributed by atoms with Crippen LogP contribution in [0.2, 0.25) is 5.02 Å². The summed E-state index contributed by atoms with van der Waals surface area (Å²) >= 11 is 6.45. The zero-order valence-corrected chi connectivity index (χ0v) is 17.0. The molecule has 2 heterocycles. The zero-order chi connectivity index (χ0) is 20.1. The molecule has 0 aliphatic carbocycles. The molecule has 144 valence electrons. The third kappa shape index (κ3) is 2.61. The monoisotopic (exact) mass is 406 g/mol. The summed E-state index contributed by atoms with van der Waals surface area (Å²) < 4.78 is 0. The molecule has 0 fully saturated rings. The normalized spacial score (nSPS) is 19.0. The van der Waals surface area contributed by atoms with Crippen LogP contribution in [-0.4, -0.2) is 10.7 Å². The molecule has 0 amide bonds. The van der Waals surface area contributed by atoms with Crippen molar-refractivity contribution in [3.8, 4) is 0 Å². The molecule has 0 unspecified atom stereocenters. The van der Waals surface area contributed by atoms with Crippen molar-refractivity contribution in [1.82, 2.24) is 4.90 Å². The molecule has 2 atom stereocenters. The summed E-state index contributed by atoms with van der Waals surface area (Å²) in [7, 11) is 0. The molecule has 4 aromatic rings. The number of rotatable bonds is 2. The molecule has 0 saturated heterocycles. The Morgan fingerprint density at radius 2 is 1.23 bits per heavy atom. The Labute approximate surface area is 181 Å². The number of benzene rings is 4. The maximum absolute atomic E-state index is 6.45. The highest BCUT2D eigenvalue weighted by Gasteiger charge is 2.43. The molecule has 6 rings (SSSR count). The van der Waals surface area contributed by atoms with Crippen LogP contribution in [0.4, 0.5) is 5.69 Å². The number of nitrogens with zero attached hydrogens (tertiary/aromatic N) is 2. The average Bonchev–Trinajstić information content (AvgIpc) is 3.12. The molecule has 4 aromatic carbocycles. The quantitative estimate of drug-likeness (QED) is 0.352. The fourth-order valence-electron chi connectivity index (χ4n) is 4.80. The van der Waals surface area contributed by atoms with E-state index in [-0.39, 0.29) is 12.1 Å². The van der Waals surface area contributed by atoms with Crippen molar-refractivity contribution < 1.29 is 0 Å². The molecule has 0 aromatic heterocycles. The fraction of sp³-hybridized carbons (Fsp3) is 0.0741. The highest BCUT2D eigenvalue weighted by atomic mass is 35.5. The lowest BCUT2D eigenvalue weighted by molar-refractivity contribution is 0.313. The molecule has 0 radical (unpaired) electrons. The van der Waals surface area contributed by atoms with Crippen LogP contribution in [0.5, 0.6) is 0 Å². The molecule has 2 aliphatic rings. The van der Waals surface area contributed by atoms with E-state index in [4.69, 9.17) is 16.6 Å². The van der Waals surface area contributed by atoms with Gasteiger partial charge in [0.1, 0.15) is 5.84 Å². The van der Waals surface area contributed by atoms with Gasteiger partial charge >= 0.3 is 0 Å². The summed E-state index contributed by atoms with van der Waals surface area (Å²) in [5.74, 6) is 1.03. The highest BCUT2D eigenvalue weighted by Crippen LogP contribution is 2.51. The van der Waals surface area contributed by atoms with Gasteiger partial charge in [-0.25, -0.2) is 4.99 Å². The Balaban J connectivity index is 1.66. The zero-order valence-electron chi connectivity index (χ0n) is 16.2. The van der Waals surface area contributed by atoms with Crippen molar-refractivity contribution in [2.75, 3.05) is 0 Å². The minimum absolute atomic E-state index is 0.0324. The van der Waals surface area contributed by atoms with Gasteiger partial charge in [0.15, 0.2) is 0 Å². The fourth-order valence-corrected chi connectivity index (χ4v) is 4.98. The Morgan fingerprint density at radius 1 is 0.633 bits per heavy atom. The summed E-state index contributed by atoms with van der Waals surface area (Å²) in [6, 6.07) is 36.2. The molecule has 2 aliphatic heterocycles. The first-order valence-electron chi connectivity index (χ1n) is 10.2. The topological polar surface area (TPSA) is 15.6 Å². The minimum Gasteiger partial charge on any atom is -0.334 e. The largest absolute Gasteiger partial charge is 0.334 e. The van der Waals surface area contributed by atoms with Gasteiger partial charge in [-0.15, -0.1) is 0 Å². The summed E-state index contributed by atoms with van der Waals surface area (Å²) in [4.78, 5) is 7.59. The molecule has 0 saturated carbocycles. The predicted octanol–water partition coefficient (Wildman–Crippen LogP) is 6.93. The lowest BCUT2D eigenvalue weighted by atomic mass is 9.91. The predicted molar refractivity (Wildman–Crippen MR) is 122 cm³/mol. The summed E-state index contributed by atoms with van der Waals surface area (Å²) in [6.45, 7) is 0. The number of amidine groups is 1. The average molecular weight is 407 g/mol. The highest BCUT2D eigenvalue weighted by molar-refractivity contribution is 6.30. The van der Waals surface area contributed by atoms with Crippen LogP contribution in [0.3, 0.4) is 0 Å². The van der Waals surface area contributed by atoms with E-state index in [1.165, 1.54) is 22.3 Å². The molecule has 0 bridgehead atoms. The van der Waals surface area contributed by atoms with Gasteiger partial charge in [0.25, 0.3) is 0 Å². The number of fused-ring (bicyclic) bond motifs is 4. The minimum atomic E-state index is 0.0324. The van der Waals surface area contributed by atoms with Crippen molar-refractivity contribution in [2.45, 2.75) is 12.1 Å². The van der Waals surface area contributed by atoms with E-state index in [9.17, 15) is 0 Å². The van der Waals surface area contributed by atoms with Gasteiger partial charge in [0.05, 0.1) is 17.8 Å². The van der Waals surface area contributed by atoms with Gasteiger partial charge in [-0.05, 0) is 34.9 Å². The van der Waals surface area contributed by atoms with Crippen molar-refractivity contribution in [3.05, 3.63) is 136 Å². The lowest BCUT2D eigenvalue weighted by Gasteiger charge is -2.39. The second-order valence-electron chi connectivity index (χ2n) is 7.76. The van der Waals surface area contributed by atoms with Gasteiger partial charge in [-0.3, -0.25) is 0 Å². The third-order valence-corrected chi connectivity index (χ3v) is 6.27. The van der Waals surface area contributed by atoms with Crippen LogP contribution < -0.4 is 0 Å². The first kappa shape index (κ1) is 17.5. The van der Waals surface area contributed by atoms with Crippen LogP contribution in [0.25, 0.3) is 0 Å². The van der Waals surface area contributed by atoms with Gasteiger partial charge < -0.3 is 4.90 Å². The van der Waals surface area contributed by atoms with E-state index in [1.54, 1.807) is 0 Å². The van der Waals surface area contributed by atoms with Crippen molar-refractivity contribution in [2.24, 2.45) is 4.99 Å². The molecule has 30 heavy (non-hydrogen) atoms. The van der Waals surface area contributed by atoms with Crippen LogP contribution in [0.15, 0.2) is 108 Å². The van der Waals surface area contributed by atoms with Crippen molar-refractivity contribution in [1.29, 1.82) is 0 Å². The Hall–Kier alpha value is -3.36. The summed E-state index contributed by atoms with van der Waals surface area (Å²) in [5, 5.41) is 0.737. The van der Waals surface area contributed by atoms with Crippen molar-refractivity contribution in [3.63, 3.8) is 0 Å². The smallest absolute Gasteiger partial charge is 0.138 e. The molecular formula is C27H19ClN2. The number of aliphatic imine (C=N–C) groups is 1. The van der Waals surface area contributed by atoms with E-state index < -0.39 is 0 Å². The molecule has 0 N–H and O–H groups in total. The van der Waals surface area contributed by atoms with E-state index >= 15 is 0 Å². The third-order valence-electron chi connectivity index (χ3n) is 6.04. The van der Waals surface area contributed by atoms with Crippen LogP contribution in [0.1, 0.15) is 39.9 Å². The second-order valence-corrected chi connectivity index (χ2v) is 8.20. The van der Waals surface area contributed by atoms with Crippen LogP contribution in [0, 0.1) is 0 Å². The number of hydrogen-bond donors (Lipinski definition) is 0. The molecule has 0 spiro atoms. The maximum atomic E-state index is 6.45. The first-order chi connectivity index (χ1) is 14.8. The van der Waals surface area contributed by atoms with E-state index in [2.05, 4.69) is 95.9 Å². The lowest BCUT2D eigenvalue weighted by Crippen LogP contribution is -2.36. The van der Waals surface area contributed by atoms with Gasteiger partial charge in [-0.1, -0.05) is 96.5 Å². The molecule has 2 nitrogen and oxygen atoms in total.